The summed E-state index contributed by atoms with van der Waals surface area (Å²) in [6.45, 7) is 2.67. The Morgan fingerprint density at radius 2 is 1.77 bits per heavy atom. The Morgan fingerprint density at radius 1 is 0.971 bits per heavy atom. The quantitative estimate of drug-likeness (QED) is 0.466. The number of aromatic nitrogens is 2. The van der Waals surface area contributed by atoms with Gasteiger partial charge in [0.2, 0.25) is 0 Å². The summed E-state index contributed by atoms with van der Waals surface area (Å²) in [6.07, 6.45) is 4.47. The highest BCUT2D eigenvalue weighted by atomic mass is 32.1. The van der Waals surface area contributed by atoms with Crippen LogP contribution in [-0.4, -0.2) is 69.4 Å². The van der Waals surface area contributed by atoms with Crippen LogP contribution in [0.1, 0.15) is 26.6 Å². The molecule has 178 valence electrons. The molecule has 0 radical (unpaired) electrons. The molecule has 0 bridgehead atoms. The van der Waals surface area contributed by atoms with Gasteiger partial charge in [-0.3, -0.25) is 9.59 Å². The van der Waals surface area contributed by atoms with E-state index in [1.807, 2.05) is 50.2 Å². The molecule has 2 aromatic carbocycles. The van der Waals surface area contributed by atoms with Crippen LogP contribution in [0.2, 0.25) is 0 Å². The fourth-order valence-electron chi connectivity index (χ4n) is 4.98. The predicted molar refractivity (Wildman–Crippen MR) is 132 cm³/mol. The van der Waals surface area contributed by atoms with Crippen molar-refractivity contribution in [3.05, 3.63) is 82.7 Å². The number of likely N-dealkylation sites (tertiary alicyclic amines) is 2. The fraction of sp³-hybridized carbons (Fsp3) is 0.269. The summed E-state index contributed by atoms with van der Waals surface area (Å²) in [5, 5.41) is 6.84. The molecule has 6 rings (SSSR count). The molecule has 35 heavy (non-hydrogen) atoms. The Balaban J connectivity index is 1.08. The monoisotopic (exact) mass is 489 g/mol. The molecule has 2 aromatic heterocycles. The summed E-state index contributed by atoms with van der Waals surface area (Å²) >= 11 is 1.37. The van der Waals surface area contributed by atoms with Gasteiger partial charge in [-0.05, 0) is 48.9 Å². The number of carbonyl (C=O) groups is 2. The number of amides is 2. The normalized spacial score (nSPS) is 18.3. The topological polar surface area (TPSA) is 70.5 Å². The van der Waals surface area contributed by atoms with E-state index < -0.39 is 0 Å². The minimum absolute atomic E-state index is 0.00428. The van der Waals surface area contributed by atoms with Crippen LogP contribution >= 0.6 is 11.3 Å². The molecule has 4 heterocycles. The van der Waals surface area contributed by atoms with Crippen LogP contribution in [0.15, 0.2) is 66.3 Å². The van der Waals surface area contributed by atoms with E-state index in [2.05, 4.69) is 10.3 Å². The average Bonchev–Trinajstić information content (AvgIpc) is 3.61. The van der Waals surface area contributed by atoms with Crippen LogP contribution < -0.4 is 5.32 Å². The van der Waals surface area contributed by atoms with Gasteiger partial charge in [0.25, 0.3) is 11.8 Å². The first kappa shape index (κ1) is 21.9. The first-order valence-electron chi connectivity index (χ1n) is 11.7. The second-order valence-electron chi connectivity index (χ2n) is 9.05. The molecular formula is C26H24FN5O2S. The fourth-order valence-corrected chi connectivity index (χ4v) is 5.58. The Labute approximate surface area is 205 Å². The molecule has 4 aromatic rings. The van der Waals surface area contributed by atoms with E-state index in [4.69, 9.17) is 0 Å². The third kappa shape index (κ3) is 4.11. The van der Waals surface area contributed by atoms with Gasteiger partial charge in [0.15, 0.2) is 5.01 Å². The number of benzene rings is 2. The third-order valence-electron chi connectivity index (χ3n) is 6.80. The van der Waals surface area contributed by atoms with Gasteiger partial charge in [0.05, 0.1) is 5.52 Å². The lowest BCUT2D eigenvalue weighted by Gasteiger charge is -2.41. The number of rotatable bonds is 5. The first-order chi connectivity index (χ1) is 17.1. The largest absolute Gasteiger partial charge is 0.335 e. The van der Waals surface area contributed by atoms with Gasteiger partial charge in [-0.1, -0.05) is 6.07 Å². The summed E-state index contributed by atoms with van der Waals surface area (Å²) in [4.78, 5) is 33.6. The molecule has 2 aliphatic rings. The van der Waals surface area contributed by atoms with Crippen molar-refractivity contribution in [2.24, 2.45) is 0 Å². The SMILES string of the molecule is O=C(c1nccs1)N1CCC(NC2CN(C(=O)c3cccc4c3ccn4-c3ccc(F)cc3)C2)C1. The van der Waals surface area contributed by atoms with E-state index in [0.717, 1.165) is 29.6 Å². The van der Waals surface area contributed by atoms with E-state index >= 15 is 0 Å². The highest BCUT2D eigenvalue weighted by Gasteiger charge is 2.36. The lowest BCUT2D eigenvalue weighted by atomic mass is 10.0. The smallest absolute Gasteiger partial charge is 0.282 e. The molecule has 2 saturated heterocycles. The summed E-state index contributed by atoms with van der Waals surface area (Å²) in [6, 6.07) is 14.4. The van der Waals surface area contributed by atoms with Crippen LogP contribution in [0.4, 0.5) is 4.39 Å². The minimum Gasteiger partial charge on any atom is -0.335 e. The number of thiazole rings is 1. The van der Waals surface area contributed by atoms with Gasteiger partial charge >= 0.3 is 0 Å². The average molecular weight is 490 g/mol. The lowest BCUT2D eigenvalue weighted by Crippen LogP contribution is -2.62. The van der Waals surface area contributed by atoms with Crippen LogP contribution in [-0.2, 0) is 0 Å². The molecule has 2 fully saturated rings. The van der Waals surface area contributed by atoms with Crippen LogP contribution in [0.5, 0.6) is 0 Å². The predicted octanol–water partition coefficient (Wildman–Crippen LogP) is 3.55. The van der Waals surface area contributed by atoms with Crippen LogP contribution in [0.25, 0.3) is 16.6 Å². The molecular weight excluding hydrogens is 465 g/mol. The lowest BCUT2D eigenvalue weighted by molar-refractivity contribution is 0.0554. The molecule has 2 aliphatic heterocycles. The summed E-state index contributed by atoms with van der Waals surface area (Å²) in [5.74, 6) is -0.272. The summed E-state index contributed by atoms with van der Waals surface area (Å²) in [5.41, 5.74) is 2.43. The Bertz CT molecular complexity index is 1380. The molecule has 0 saturated carbocycles. The zero-order chi connectivity index (χ0) is 23.9. The minimum atomic E-state index is -0.279. The van der Waals surface area contributed by atoms with Crippen molar-refractivity contribution in [1.82, 2.24) is 24.7 Å². The number of nitrogens with one attached hydrogen (secondary N) is 1. The number of hydrogen-bond acceptors (Lipinski definition) is 5. The maximum atomic E-state index is 13.3. The highest BCUT2D eigenvalue weighted by molar-refractivity contribution is 7.11. The zero-order valence-electron chi connectivity index (χ0n) is 18.9. The maximum absolute atomic E-state index is 13.3. The number of carbonyl (C=O) groups excluding carboxylic acids is 2. The molecule has 2 amide bonds. The number of halogens is 1. The molecule has 0 aliphatic carbocycles. The van der Waals surface area contributed by atoms with E-state index in [1.165, 1.54) is 23.5 Å². The zero-order valence-corrected chi connectivity index (χ0v) is 19.7. The maximum Gasteiger partial charge on any atom is 0.282 e. The van der Waals surface area contributed by atoms with Crippen molar-refractivity contribution in [2.45, 2.75) is 18.5 Å². The van der Waals surface area contributed by atoms with Crippen molar-refractivity contribution in [3.63, 3.8) is 0 Å². The summed E-state index contributed by atoms with van der Waals surface area (Å²) in [7, 11) is 0. The summed E-state index contributed by atoms with van der Waals surface area (Å²) < 4.78 is 15.3. The van der Waals surface area contributed by atoms with Gasteiger partial charge in [-0.25, -0.2) is 9.37 Å². The number of fused-ring (bicyclic) bond motifs is 1. The van der Waals surface area contributed by atoms with Crippen molar-refractivity contribution in [2.75, 3.05) is 26.2 Å². The van der Waals surface area contributed by atoms with Crippen molar-refractivity contribution in [1.29, 1.82) is 0 Å². The van der Waals surface area contributed by atoms with Crippen LogP contribution in [0.3, 0.4) is 0 Å². The van der Waals surface area contributed by atoms with Gasteiger partial charge in [-0.15, -0.1) is 11.3 Å². The number of hydrogen-bond donors (Lipinski definition) is 1. The Hall–Kier alpha value is -3.56. The molecule has 1 N–H and O–H groups in total. The number of nitrogens with zero attached hydrogens (tertiary/aromatic N) is 4. The molecule has 1 atom stereocenters. The van der Waals surface area contributed by atoms with Crippen molar-refractivity contribution in [3.8, 4) is 5.69 Å². The Morgan fingerprint density at radius 3 is 2.54 bits per heavy atom. The second kappa shape index (κ2) is 8.90. The van der Waals surface area contributed by atoms with Gasteiger partial charge < -0.3 is 19.7 Å². The van der Waals surface area contributed by atoms with Gasteiger partial charge in [0, 0.05) is 72.7 Å². The second-order valence-corrected chi connectivity index (χ2v) is 9.94. The highest BCUT2D eigenvalue weighted by Crippen LogP contribution is 2.26. The van der Waals surface area contributed by atoms with Crippen LogP contribution in [0, 0.1) is 5.82 Å². The van der Waals surface area contributed by atoms with E-state index in [0.29, 0.717) is 30.2 Å². The standard InChI is InChI=1S/C26H24FN5O2S/c27-17-4-6-20(7-5-17)32-12-9-21-22(2-1-3-23(21)32)25(33)31-15-19(16-31)29-18-8-11-30(14-18)26(34)24-28-10-13-35-24/h1-7,9-10,12-13,18-19,29H,8,11,14-16H2. The molecule has 9 heteroatoms. The Kier molecular flexibility index (Phi) is 5.58. The van der Waals surface area contributed by atoms with Crippen molar-refractivity contribution >= 4 is 34.1 Å². The van der Waals surface area contributed by atoms with Crippen molar-refractivity contribution < 1.29 is 14.0 Å². The third-order valence-corrected chi connectivity index (χ3v) is 7.56. The van der Waals surface area contributed by atoms with Gasteiger partial charge in [-0.2, -0.15) is 0 Å². The molecule has 7 nitrogen and oxygen atoms in total. The first-order valence-corrected chi connectivity index (χ1v) is 12.5. The van der Waals surface area contributed by atoms with Gasteiger partial charge in [0.1, 0.15) is 5.82 Å². The van der Waals surface area contributed by atoms with E-state index in [-0.39, 0.29) is 29.7 Å². The molecule has 1 unspecified atom stereocenters. The van der Waals surface area contributed by atoms with E-state index in [1.54, 1.807) is 18.3 Å². The van der Waals surface area contributed by atoms with E-state index in [9.17, 15) is 14.0 Å². The molecule has 0 spiro atoms.